The molecule has 3 N–H and O–H groups in total. The van der Waals surface area contributed by atoms with Gasteiger partial charge in [0.1, 0.15) is 16.7 Å². The van der Waals surface area contributed by atoms with E-state index in [-0.39, 0.29) is 11.1 Å². The van der Waals surface area contributed by atoms with Crippen LogP contribution in [0.5, 0.6) is 5.75 Å². The molecule has 0 amide bonds. The van der Waals surface area contributed by atoms with Crippen LogP contribution in [-0.2, 0) is 0 Å². The van der Waals surface area contributed by atoms with Gasteiger partial charge in [0, 0.05) is 11.8 Å². The van der Waals surface area contributed by atoms with Gasteiger partial charge in [0.25, 0.3) is 0 Å². The van der Waals surface area contributed by atoms with E-state index < -0.39 is 0 Å². The third-order valence-electron chi connectivity index (χ3n) is 2.14. The van der Waals surface area contributed by atoms with Gasteiger partial charge in [-0.1, -0.05) is 23.2 Å². The third kappa shape index (κ3) is 2.94. The summed E-state index contributed by atoms with van der Waals surface area (Å²) in [5.74, 6) is 1.20. The van der Waals surface area contributed by atoms with Crippen molar-refractivity contribution in [3.63, 3.8) is 0 Å². The van der Waals surface area contributed by atoms with Crippen LogP contribution in [0.25, 0.3) is 0 Å². The minimum absolute atomic E-state index is 0.101. The molecule has 18 heavy (non-hydrogen) atoms. The van der Waals surface area contributed by atoms with E-state index in [4.69, 9.17) is 33.7 Å². The Morgan fingerprint density at radius 1 is 1.22 bits per heavy atom. The topological polar surface area (TPSA) is 73.1 Å². The summed E-state index contributed by atoms with van der Waals surface area (Å²) < 4.78 is 5.06. The Labute approximate surface area is 114 Å². The van der Waals surface area contributed by atoms with Crippen molar-refractivity contribution >= 4 is 40.7 Å². The van der Waals surface area contributed by atoms with Crippen LogP contribution >= 0.6 is 23.2 Å². The molecule has 1 aromatic carbocycles. The molecule has 0 unspecified atom stereocenters. The van der Waals surface area contributed by atoms with Gasteiger partial charge in [-0.15, -0.1) is 0 Å². The second-order valence-electron chi connectivity index (χ2n) is 3.41. The second-order valence-corrected chi connectivity index (χ2v) is 4.20. The summed E-state index contributed by atoms with van der Waals surface area (Å²) in [4.78, 5) is 7.77. The number of anilines is 3. The number of halogens is 2. The monoisotopic (exact) mass is 284 g/mol. The fraction of sp³-hybridized carbons (Fsp3) is 0.0909. The standard InChI is InChI=1S/C11H10Cl2N4O/c1-18-8-3-2-6(4-7(8)12)15-10-5-9(13)16-11(14)17-10/h2-5H,1H3,(H3,14,15,16,17). The summed E-state index contributed by atoms with van der Waals surface area (Å²) in [6, 6.07) is 6.83. The first-order valence-corrected chi connectivity index (χ1v) is 5.74. The van der Waals surface area contributed by atoms with Gasteiger partial charge >= 0.3 is 0 Å². The van der Waals surface area contributed by atoms with Gasteiger partial charge in [-0.3, -0.25) is 0 Å². The highest BCUT2D eigenvalue weighted by Crippen LogP contribution is 2.28. The van der Waals surface area contributed by atoms with Crippen LogP contribution in [0.4, 0.5) is 17.5 Å². The zero-order chi connectivity index (χ0) is 13.1. The van der Waals surface area contributed by atoms with Crippen molar-refractivity contribution in [2.24, 2.45) is 0 Å². The quantitative estimate of drug-likeness (QED) is 0.848. The lowest BCUT2D eigenvalue weighted by molar-refractivity contribution is 0.415. The Morgan fingerprint density at radius 3 is 2.61 bits per heavy atom. The molecule has 1 aromatic heterocycles. The predicted octanol–water partition coefficient (Wildman–Crippen LogP) is 3.12. The summed E-state index contributed by atoms with van der Waals surface area (Å²) >= 11 is 11.8. The van der Waals surface area contributed by atoms with Gasteiger partial charge < -0.3 is 15.8 Å². The third-order valence-corrected chi connectivity index (χ3v) is 2.63. The molecule has 2 rings (SSSR count). The number of hydrogen-bond acceptors (Lipinski definition) is 5. The zero-order valence-electron chi connectivity index (χ0n) is 9.45. The Hall–Kier alpha value is -1.72. The van der Waals surface area contributed by atoms with Gasteiger partial charge in [0.2, 0.25) is 5.95 Å². The van der Waals surface area contributed by atoms with Crippen LogP contribution in [0.15, 0.2) is 24.3 Å². The van der Waals surface area contributed by atoms with Crippen molar-refractivity contribution in [3.05, 3.63) is 34.4 Å². The summed E-state index contributed by atoms with van der Waals surface area (Å²) in [5.41, 5.74) is 6.24. The number of methoxy groups -OCH3 is 1. The molecule has 5 nitrogen and oxygen atoms in total. The molecule has 0 saturated carbocycles. The largest absolute Gasteiger partial charge is 0.495 e. The lowest BCUT2D eigenvalue weighted by Crippen LogP contribution is -2.00. The zero-order valence-corrected chi connectivity index (χ0v) is 11.0. The molecular formula is C11H10Cl2N4O. The minimum Gasteiger partial charge on any atom is -0.495 e. The normalized spacial score (nSPS) is 10.2. The maximum atomic E-state index is 6.01. The Kier molecular flexibility index (Phi) is 3.74. The van der Waals surface area contributed by atoms with E-state index >= 15 is 0 Å². The molecule has 0 aliphatic carbocycles. The maximum absolute atomic E-state index is 6.01. The molecule has 0 radical (unpaired) electrons. The first-order chi connectivity index (χ1) is 8.58. The van der Waals surface area contributed by atoms with Crippen LogP contribution in [0.2, 0.25) is 10.2 Å². The van der Waals surface area contributed by atoms with Gasteiger partial charge in [-0.25, -0.2) is 4.98 Å². The van der Waals surface area contributed by atoms with Gasteiger partial charge in [-0.2, -0.15) is 4.98 Å². The van der Waals surface area contributed by atoms with E-state index in [9.17, 15) is 0 Å². The minimum atomic E-state index is 0.101. The fourth-order valence-corrected chi connectivity index (χ4v) is 1.84. The highest BCUT2D eigenvalue weighted by atomic mass is 35.5. The molecule has 1 heterocycles. The lowest BCUT2D eigenvalue weighted by atomic mass is 10.3. The van der Waals surface area contributed by atoms with Crippen LogP contribution in [-0.4, -0.2) is 17.1 Å². The number of aromatic nitrogens is 2. The molecule has 0 fully saturated rings. The highest BCUT2D eigenvalue weighted by molar-refractivity contribution is 6.32. The van der Waals surface area contributed by atoms with E-state index in [0.29, 0.717) is 16.6 Å². The van der Waals surface area contributed by atoms with Crippen LogP contribution < -0.4 is 15.8 Å². The van der Waals surface area contributed by atoms with Crippen molar-refractivity contribution in [3.8, 4) is 5.75 Å². The number of rotatable bonds is 3. The molecule has 7 heteroatoms. The number of nitrogens with one attached hydrogen (secondary N) is 1. The molecule has 0 aliphatic rings. The molecule has 0 aliphatic heterocycles. The van der Waals surface area contributed by atoms with Gasteiger partial charge in [0.15, 0.2) is 0 Å². The number of ether oxygens (including phenoxy) is 1. The Morgan fingerprint density at radius 2 is 2.00 bits per heavy atom. The SMILES string of the molecule is COc1ccc(Nc2cc(Cl)nc(N)n2)cc1Cl. The van der Waals surface area contributed by atoms with Crippen molar-refractivity contribution in [2.45, 2.75) is 0 Å². The molecule has 0 bridgehead atoms. The summed E-state index contributed by atoms with van der Waals surface area (Å²) in [7, 11) is 1.55. The molecule has 94 valence electrons. The van der Waals surface area contributed by atoms with Crippen molar-refractivity contribution in [1.29, 1.82) is 0 Å². The first kappa shape index (κ1) is 12.7. The second kappa shape index (κ2) is 5.29. The molecule has 0 saturated heterocycles. The van der Waals surface area contributed by atoms with Crippen LogP contribution in [0, 0.1) is 0 Å². The van der Waals surface area contributed by atoms with Crippen molar-refractivity contribution in [1.82, 2.24) is 9.97 Å². The Balaban J connectivity index is 2.25. The highest BCUT2D eigenvalue weighted by Gasteiger charge is 2.04. The summed E-state index contributed by atoms with van der Waals surface area (Å²) in [5, 5.41) is 3.79. The number of nitrogens with two attached hydrogens (primary N) is 1. The first-order valence-electron chi connectivity index (χ1n) is 4.99. The summed E-state index contributed by atoms with van der Waals surface area (Å²) in [6.07, 6.45) is 0. The van der Waals surface area contributed by atoms with Gasteiger partial charge in [0.05, 0.1) is 12.1 Å². The molecule has 2 aromatic rings. The van der Waals surface area contributed by atoms with Gasteiger partial charge in [-0.05, 0) is 18.2 Å². The van der Waals surface area contributed by atoms with E-state index in [1.807, 2.05) is 0 Å². The number of hydrogen-bond donors (Lipinski definition) is 2. The Bertz CT molecular complexity index is 557. The van der Waals surface area contributed by atoms with E-state index in [2.05, 4.69) is 15.3 Å². The van der Waals surface area contributed by atoms with Crippen LogP contribution in [0.1, 0.15) is 0 Å². The van der Waals surface area contributed by atoms with E-state index in [1.54, 1.807) is 31.4 Å². The lowest BCUT2D eigenvalue weighted by Gasteiger charge is -2.08. The number of nitrogens with zero attached hydrogens (tertiary/aromatic N) is 2. The number of nitrogen functional groups attached to an aromatic ring is 1. The van der Waals surface area contributed by atoms with E-state index in [1.165, 1.54) is 0 Å². The molecule has 0 atom stereocenters. The van der Waals surface area contributed by atoms with Crippen molar-refractivity contribution in [2.75, 3.05) is 18.2 Å². The smallest absolute Gasteiger partial charge is 0.223 e. The molecular weight excluding hydrogens is 275 g/mol. The average Bonchev–Trinajstić information content (AvgIpc) is 2.27. The molecule has 0 spiro atoms. The van der Waals surface area contributed by atoms with E-state index in [0.717, 1.165) is 5.69 Å². The average molecular weight is 285 g/mol. The van der Waals surface area contributed by atoms with Crippen molar-refractivity contribution < 1.29 is 4.74 Å². The fourth-order valence-electron chi connectivity index (χ4n) is 1.39. The maximum Gasteiger partial charge on any atom is 0.223 e. The number of benzene rings is 1. The van der Waals surface area contributed by atoms with Crippen LogP contribution in [0.3, 0.4) is 0 Å². The summed E-state index contributed by atoms with van der Waals surface area (Å²) in [6.45, 7) is 0. The predicted molar refractivity (Wildman–Crippen MR) is 72.7 cm³/mol.